The van der Waals surface area contributed by atoms with Gasteiger partial charge in [0.1, 0.15) is 5.92 Å². The maximum atomic E-state index is 13.7. The van der Waals surface area contributed by atoms with Gasteiger partial charge in [-0.3, -0.25) is 19.4 Å². The van der Waals surface area contributed by atoms with Crippen LogP contribution in [-0.2, 0) is 14.4 Å². The lowest BCUT2D eigenvalue weighted by atomic mass is 9.91. The van der Waals surface area contributed by atoms with Crippen molar-refractivity contribution in [2.45, 2.75) is 32.9 Å². The Bertz CT molecular complexity index is 1140. The number of anilines is 2. The predicted octanol–water partition coefficient (Wildman–Crippen LogP) is 4.06. The molecular weight excluding hydrogens is 390 g/mol. The fraction of sp³-hybridized carbons (Fsp3) is 0.240. The summed E-state index contributed by atoms with van der Waals surface area (Å²) in [7, 11) is 0. The maximum Gasteiger partial charge on any atom is 0.266 e. The lowest BCUT2D eigenvalue weighted by Gasteiger charge is -2.29. The van der Waals surface area contributed by atoms with Crippen molar-refractivity contribution in [3.8, 4) is 0 Å². The number of hydrogen-bond acceptors (Lipinski definition) is 5. The predicted molar refractivity (Wildman–Crippen MR) is 117 cm³/mol. The Balaban J connectivity index is 1.61. The molecule has 0 saturated carbocycles. The lowest BCUT2D eigenvalue weighted by molar-refractivity contribution is -0.126. The highest BCUT2D eigenvalue weighted by atomic mass is 16.7. The maximum absolute atomic E-state index is 13.7. The molecule has 0 N–H and O–H groups in total. The molecule has 6 nitrogen and oxygen atoms in total. The number of aryl methyl sites for hydroxylation is 3. The number of imide groups is 1. The first-order valence-electron chi connectivity index (χ1n) is 10.3. The Morgan fingerprint density at radius 3 is 2.16 bits per heavy atom. The second-order valence-electron chi connectivity index (χ2n) is 8.20. The van der Waals surface area contributed by atoms with E-state index in [-0.39, 0.29) is 11.8 Å². The standard InChI is InChI=1S/C25H23N3O3/c1-15-13-16(2)21(17(3)14-15)27-24(29)20-22(18-9-11-26-12-10-18)28(31-23(20)25(27)30)19-7-5-4-6-8-19/h4-14,20,22-23H,1-3H3/t20-,22-,23-/m1/s1. The lowest BCUT2D eigenvalue weighted by Crippen LogP contribution is -2.38. The van der Waals surface area contributed by atoms with Crippen molar-refractivity contribution in [1.29, 1.82) is 0 Å². The first kappa shape index (κ1) is 19.5. The molecule has 3 atom stereocenters. The van der Waals surface area contributed by atoms with E-state index in [1.165, 1.54) is 4.90 Å². The molecule has 31 heavy (non-hydrogen) atoms. The molecule has 0 spiro atoms. The molecule has 0 bridgehead atoms. The molecule has 0 unspecified atom stereocenters. The Labute approximate surface area is 181 Å². The summed E-state index contributed by atoms with van der Waals surface area (Å²) in [6.07, 6.45) is 2.52. The normalized spacial score (nSPS) is 22.9. The molecular formula is C25H23N3O3. The minimum Gasteiger partial charge on any atom is -0.273 e. The van der Waals surface area contributed by atoms with Crippen LogP contribution in [0.25, 0.3) is 0 Å². The number of amides is 2. The molecule has 0 radical (unpaired) electrons. The average molecular weight is 413 g/mol. The van der Waals surface area contributed by atoms with Gasteiger partial charge in [-0.1, -0.05) is 35.9 Å². The zero-order valence-electron chi connectivity index (χ0n) is 17.6. The van der Waals surface area contributed by atoms with Gasteiger partial charge in [-0.15, -0.1) is 0 Å². The van der Waals surface area contributed by atoms with Gasteiger partial charge in [-0.25, -0.2) is 9.96 Å². The number of fused-ring (bicyclic) bond motifs is 1. The summed E-state index contributed by atoms with van der Waals surface area (Å²) in [6.45, 7) is 5.87. The van der Waals surface area contributed by atoms with Crippen LogP contribution in [0.3, 0.4) is 0 Å². The van der Waals surface area contributed by atoms with E-state index >= 15 is 0 Å². The number of pyridine rings is 1. The van der Waals surface area contributed by atoms with E-state index < -0.39 is 18.1 Å². The van der Waals surface area contributed by atoms with Gasteiger partial charge in [0.05, 0.1) is 17.4 Å². The molecule has 3 heterocycles. The number of aromatic nitrogens is 1. The van der Waals surface area contributed by atoms with Gasteiger partial charge in [0.25, 0.3) is 5.91 Å². The summed E-state index contributed by atoms with van der Waals surface area (Å²) in [5, 5.41) is 1.70. The van der Waals surface area contributed by atoms with Crippen LogP contribution >= 0.6 is 0 Å². The molecule has 2 amide bonds. The Kier molecular flexibility index (Phi) is 4.59. The molecule has 3 aromatic rings. The van der Waals surface area contributed by atoms with E-state index in [1.54, 1.807) is 17.5 Å². The van der Waals surface area contributed by atoms with Crippen LogP contribution < -0.4 is 9.96 Å². The summed E-state index contributed by atoms with van der Waals surface area (Å²) < 4.78 is 0. The summed E-state index contributed by atoms with van der Waals surface area (Å²) >= 11 is 0. The number of hydrogen-bond donors (Lipinski definition) is 0. The molecule has 2 aromatic carbocycles. The van der Waals surface area contributed by atoms with Crippen LogP contribution in [0.2, 0.25) is 0 Å². The van der Waals surface area contributed by atoms with Gasteiger partial charge < -0.3 is 0 Å². The first-order valence-corrected chi connectivity index (χ1v) is 10.3. The van der Waals surface area contributed by atoms with Crippen LogP contribution in [0.5, 0.6) is 0 Å². The quantitative estimate of drug-likeness (QED) is 0.606. The minimum atomic E-state index is -0.869. The summed E-state index contributed by atoms with van der Waals surface area (Å²) in [4.78, 5) is 38.8. The van der Waals surface area contributed by atoms with Gasteiger partial charge >= 0.3 is 0 Å². The van der Waals surface area contributed by atoms with Gasteiger partial charge in [-0.2, -0.15) is 0 Å². The highest BCUT2D eigenvalue weighted by molar-refractivity contribution is 6.24. The molecule has 2 saturated heterocycles. The van der Waals surface area contributed by atoms with Gasteiger partial charge in [-0.05, 0) is 61.7 Å². The smallest absolute Gasteiger partial charge is 0.266 e. The van der Waals surface area contributed by atoms with E-state index in [2.05, 4.69) is 4.98 Å². The van der Waals surface area contributed by atoms with Gasteiger partial charge in [0.15, 0.2) is 6.10 Å². The van der Waals surface area contributed by atoms with Crippen molar-refractivity contribution < 1.29 is 14.4 Å². The second kappa shape index (κ2) is 7.32. The number of rotatable bonds is 3. The highest BCUT2D eigenvalue weighted by Crippen LogP contribution is 2.48. The number of carbonyl (C=O) groups is 2. The molecule has 2 aliphatic heterocycles. The van der Waals surface area contributed by atoms with Crippen LogP contribution in [0.4, 0.5) is 11.4 Å². The molecule has 6 heteroatoms. The first-order chi connectivity index (χ1) is 15.0. The van der Waals surface area contributed by atoms with E-state index in [9.17, 15) is 9.59 Å². The fourth-order valence-corrected chi connectivity index (χ4v) is 4.86. The fourth-order valence-electron chi connectivity index (χ4n) is 4.86. The zero-order chi connectivity index (χ0) is 21.7. The zero-order valence-corrected chi connectivity index (χ0v) is 17.6. The minimum absolute atomic E-state index is 0.231. The summed E-state index contributed by atoms with van der Waals surface area (Å²) in [6, 6.07) is 16.9. The van der Waals surface area contributed by atoms with Crippen LogP contribution in [0.15, 0.2) is 67.0 Å². The second-order valence-corrected chi connectivity index (χ2v) is 8.20. The van der Waals surface area contributed by atoms with Gasteiger partial charge in [0.2, 0.25) is 5.91 Å². The largest absolute Gasteiger partial charge is 0.273 e. The molecule has 1 aromatic heterocycles. The van der Waals surface area contributed by atoms with Crippen molar-refractivity contribution in [1.82, 2.24) is 4.98 Å². The topological polar surface area (TPSA) is 62.7 Å². The third kappa shape index (κ3) is 3.02. The molecule has 5 rings (SSSR count). The number of hydroxylamine groups is 1. The third-order valence-corrected chi connectivity index (χ3v) is 6.03. The molecule has 156 valence electrons. The van der Waals surface area contributed by atoms with Crippen molar-refractivity contribution in [2.75, 3.05) is 9.96 Å². The summed E-state index contributed by atoms with van der Waals surface area (Å²) in [5.41, 5.74) is 5.25. The van der Waals surface area contributed by atoms with E-state index in [4.69, 9.17) is 4.84 Å². The SMILES string of the molecule is Cc1cc(C)c(N2C(=O)[C@@H]3[C@@H](c4ccncc4)N(c4ccccc4)O[C@H]3C2=O)c(C)c1. The van der Waals surface area contributed by atoms with E-state index in [0.717, 1.165) is 27.9 Å². The van der Waals surface area contributed by atoms with E-state index in [0.29, 0.717) is 5.69 Å². The average Bonchev–Trinajstić information content (AvgIpc) is 3.26. The number of nitrogens with zero attached hydrogens (tertiary/aromatic N) is 3. The van der Waals surface area contributed by atoms with Crippen molar-refractivity contribution in [2.24, 2.45) is 5.92 Å². The van der Waals surface area contributed by atoms with Gasteiger partial charge in [0, 0.05) is 12.4 Å². The van der Waals surface area contributed by atoms with Crippen molar-refractivity contribution >= 4 is 23.2 Å². The Morgan fingerprint density at radius 1 is 0.871 bits per heavy atom. The molecule has 2 aliphatic rings. The molecule has 2 fully saturated rings. The number of benzene rings is 2. The van der Waals surface area contributed by atoms with Crippen LogP contribution in [0.1, 0.15) is 28.3 Å². The third-order valence-electron chi connectivity index (χ3n) is 6.03. The van der Waals surface area contributed by atoms with Crippen LogP contribution in [-0.4, -0.2) is 22.9 Å². The Morgan fingerprint density at radius 2 is 1.52 bits per heavy atom. The molecule has 0 aliphatic carbocycles. The van der Waals surface area contributed by atoms with E-state index in [1.807, 2.05) is 75.4 Å². The van der Waals surface area contributed by atoms with Crippen molar-refractivity contribution in [3.05, 3.63) is 89.2 Å². The highest BCUT2D eigenvalue weighted by Gasteiger charge is 2.60. The summed E-state index contributed by atoms with van der Waals surface area (Å²) in [5.74, 6) is -1.19. The Hall–Kier alpha value is -3.51. The van der Waals surface area contributed by atoms with Crippen LogP contribution in [0, 0.1) is 26.7 Å². The number of carbonyl (C=O) groups excluding carboxylic acids is 2. The number of para-hydroxylation sites is 1. The van der Waals surface area contributed by atoms with Crippen molar-refractivity contribution in [3.63, 3.8) is 0 Å². The monoisotopic (exact) mass is 413 g/mol.